The Bertz CT molecular complexity index is 489. The van der Waals surface area contributed by atoms with Crippen molar-refractivity contribution >= 4 is 0 Å². The molecule has 0 spiro atoms. The zero-order valence-electron chi connectivity index (χ0n) is 11.1. The van der Waals surface area contributed by atoms with E-state index in [1.807, 2.05) is 24.0 Å². The van der Waals surface area contributed by atoms with Gasteiger partial charge in [0.05, 0.1) is 6.20 Å². The maximum Gasteiger partial charge on any atom is 0.0521 e. The molecule has 18 heavy (non-hydrogen) atoms. The first-order valence-corrected chi connectivity index (χ1v) is 6.46. The second-order valence-electron chi connectivity index (χ2n) is 4.90. The van der Waals surface area contributed by atoms with Gasteiger partial charge >= 0.3 is 0 Å². The van der Waals surface area contributed by atoms with Crippen molar-refractivity contribution in [2.24, 2.45) is 12.8 Å². The summed E-state index contributed by atoms with van der Waals surface area (Å²) >= 11 is 0. The minimum Gasteiger partial charge on any atom is -0.321 e. The maximum absolute atomic E-state index is 6.55. The van der Waals surface area contributed by atoms with E-state index in [0.29, 0.717) is 0 Å². The highest BCUT2D eigenvalue weighted by Gasteiger charge is 2.24. The summed E-state index contributed by atoms with van der Waals surface area (Å²) in [6.45, 7) is 2.15. The van der Waals surface area contributed by atoms with Crippen LogP contribution in [0.1, 0.15) is 30.9 Å². The lowest BCUT2D eigenvalue weighted by molar-refractivity contribution is 0.394. The monoisotopic (exact) mass is 243 g/mol. The van der Waals surface area contributed by atoms with Crippen molar-refractivity contribution in [3.8, 4) is 0 Å². The fourth-order valence-corrected chi connectivity index (χ4v) is 2.26. The van der Waals surface area contributed by atoms with Crippen LogP contribution in [0, 0.1) is 0 Å². The fourth-order valence-electron chi connectivity index (χ4n) is 2.26. The van der Waals surface area contributed by atoms with Crippen molar-refractivity contribution in [2.75, 3.05) is 0 Å². The third kappa shape index (κ3) is 2.79. The molecule has 1 unspecified atom stereocenters. The summed E-state index contributed by atoms with van der Waals surface area (Å²) in [4.78, 5) is 0. The van der Waals surface area contributed by atoms with Crippen molar-refractivity contribution in [2.45, 2.75) is 31.7 Å². The first kappa shape index (κ1) is 12.8. The van der Waals surface area contributed by atoms with Crippen LogP contribution in [0.2, 0.25) is 0 Å². The first-order chi connectivity index (χ1) is 8.64. The number of aromatic nitrogens is 2. The molecule has 0 amide bonds. The van der Waals surface area contributed by atoms with Crippen LogP contribution in [-0.2, 0) is 19.0 Å². The van der Waals surface area contributed by atoms with Crippen molar-refractivity contribution in [1.29, 1.82) is 0 Å². The van der Waals surface area contributed by atoms with Gasteiger partial charge < -0.3 is 5.73 Å². The molecule has 3 heteroatoms. The molecule has 0 bridgehead atoms. The summed E-state index contributed by atoms with van der Waals surface area (Å²) in [5, 5.41) is 4.19. The van der Waals surface area contributed by atoms with E-state index >= 15 is 0 Å². The molecule has 0 saturated heterocycles. The van der Waals surface area contributed by atoms with Gasteiger partial charge in [0.1, 0.15) is 0 Å². The van der Waals surface area contributed by atoms with E-state index in [0.717, 1.165) is 19.3 Å². The third-order valence-corrected chi connectivity index (χ3v) is 3.60. The van der Waals surface area contributed by atoms with E-state index in [-0.39, 0.29) is 5.54 Å². The van der Waals surface area contributed by atoms with Gasteiger partial charge in [0.2, 0.25) is 0 Å². The summed E-state index contributed by atoms with van der Waals surface area (Å²) in [5.74, 6) is 0. The summed E-state index contributed by atoms with van der Waals surface area (Å²) < 4.78 is 1.84. The molecule has 0 aliphatic heterocycles. The van der Waals surface area contributed by atoms with Gasteiger partial charge in [0, 0.05) is 18.8 Å². The quantitative estimate of drug-likeness (QED) is 0.877. The number of nitrogens with two attached hydrogens (primary N) is 1. The van der Waals surface area contributed by atoms with E-state index < -0.39 is 0 Å². The van der Waals surface area contributed by atoms with E-state index in [1.54, 1.807) is 0 Å². The average Bonchev–Trinajstić information content (AvgIpc) is 2.83. The van der Waals surface area contributed by atoms with Crippen LogP contribution in [0.3, 0.4) is 0 Å². The van der Waals surface area contributed by atoms with Crippen LogP contribution in [0.4, 0.5) is 0 Å². The van der Waals surface area contributed by atoms with Gasteiger partial charge in [-0.15, -0.1) is 0 Å². The van der Waals surface area contributed by atoms with E-state index in [4.69, 9.17) is 5.73 Å². The number of aryl methyl sites for hydroxylation is 2. The van der Waals surface area contributed by atoms with Gasteiger partial charge in [-0.3, -0.25) is 4.68 Å². The molecule has 2 rings (SSSR count). The molecule has 0 radical (unpaired) electrons. The highest BCUT2D eigenvalue weighted by atomic mass is 15.2. The smallest absolute Gasteiger partial charge is 0.0521 e. The van der Waals surface area contributed by atoms with Gasteiger partial charge in [0.15, 0.2) is 0 Å². The summed E-state index contributed by atoms with van der Waals surface area (Å²) in [5.41, 5.74) is 8.77. The van der Waals surface area contributed by atoms with E-state index in [2.05, 4.69) is 42.5 Å². The number of rotatable bonds is 5. The SMILES string of the molecule is CCC(N)(CCc1cnn(C)c1)c1ccccc1. The Morgan fingerprint density at radius 1 is 1.28 bits per heavy atom. The lowest BCUT2D eigenvalue weighted by Gasteiger charge is -2.28. The lowest BCUT2D eigenvalue weighted by atomic mass is 9.83. The minimum absolute atomic E-state index is 0.239. The van der Waals surface area contributed by atoms with E-state index in [1.165, 1.54) is 11.1 Å². The summed E-state index contributed by atoms with van der Waals surface area (Å²) in [6.07, 6.45) is 6.83. The molecule has 96 valence electrons. The topological polar surface area (TPSA) is 43.8 Å². The molecule has 2 aromatic rings. The molecule has 1 aromatic heterocycles. The third-order valence-electron chi connectivity index (χ3n) is 3.60. The van der Waals surface area contributed by atoms with Gasteiger partial charge in [-0.1, -0.05) is 37.3 Å². The van der Waals surface area contributed by atoms with Gasteiger partial charge in [-0.25, -0.2) is 0 Å². The number of hydrogen-bond donors (Lipinski definition) is 1. The van der Waals surface area contributed by atoms with Crippen LogP contribution in [-0.4, -0.2) is 9.78 Å². The Morgan fingerprint density at radius 3 is 2.56 bits per heavy atom. The van der Waals surface area contributed by atoms with Crippen LogP contribution < -0.4 is 5.73 Å². The normalized spacial score (nSPS) is 14.4. The molecule has 0 aliphatic carbocycles. The highest BCUT2D eigenvalue weighted by Crippen LogP contribution is 2.27. The van der Waals surface area contributed by atoms with Crippen molar-refractivity contribution < 1.29 is 0 Å². The molecular formula is C15H21N3. The molecular weight excluding hydrogens is 222 g/mol. The van der Waals surface area contributed by atoms with Crippen LogP contribution in [0.5, 0.6) is 0 Å². The molecule has 2 N–H and O–H groups in total. The van der Waals surface area contributed by atoms with Gasteiger partial charge in [-0.2, -0.15) is 5.10 Å². The Morgan fingerprint density at radius 2 is 2.00 bits per heavy atom. The lowest BCUT2D eigenvalue weighted by Crippen LogP contribution is -2.36. The highest BCUT2D eigenvalue weighted by molar-refractivity contribution is 5.24. The molecule has 1 atom stereocenters. The summed E-state index contributed by atoms with van der Waals surface area (Å²) in [6, 6.07) is 10.4. The van der Waals surface area contributed by atoms with Crippen molar-refractivity contribution in [3.05, 3.63) is 53.9 Å². The Labute approximate surface area is 109 Å². The Kier molecular flexibility index (Phi) is 3.82. The fraction of sp³-hybridized carbons (Fsp3) is 0.400. The molecule has 0 aliphatic rings. The van der Waals surface area contributed by atoms with Gasteiger partial charge in [-0.05, 0) is 30.4 Å². The predicted octanol–water partition coefficient (Wildman–Crippen LogP) is 2.62. The zero-order chi connectivity index (χ0) is 13.0. The predicted molar refractivity (Wildman–Crippen MR) is 74.1 cm³/mol. The maximum atomic E-state index is 6.55. The second-order valence-corrected chi connectivity index (χ2v) is 4.90. The Hall–Kier alpha value is -1.61. The average molecular weight is 243 g/mol. The largest absolute Gasteiger partial charge is 0.321 e. The number of nitrogens with zero attached hydrogens (tertiary/aromatic N) is 2. The minimum atomic E-state index is -0.239. The zero-order valence-corrected chi connectivity index (χ0v) is 11.1. The van der Waals surface area contributed by atoms with Crippen LogP contribution >= 0.6 is 0 Å². The number of hydrogen-bond acceptors (Lipinski definition) is 2. The van der Waals surface area contributed by atoms with Crippen molar-refractivity contribution in [1.82, 2.24) is 9.78 Å². The second kappa shape index (κ2) is 5.36. The molecule has 3 nitrogen and oxygen atoms in total. The van der Waals surface area contributed by atoms with Crippen LogP contribution in [0.25, 0.3) is 0 Å². The van der Waals surface area contributed by atoms with E-state index in [9.17, 15) is 0 Å². The molecule has 0 fully saturated rings. The molecule has 1 aromatic carbocycles. The van der Waals surface area contributed by atoms with Crippen molar-refractivity contribution in [3.63, 3.8) is 0 Å². The molecule has 0 saturated carbocycles. The first-order valence-electron chi connectivity index (χ1n) is 6.46. The molecule has 1 heterocycles. The van der Waals surface area contributed by atoms with Gasteiger partial charge in [0.25, 0.3) is 0 Å². The van der Waals surface area contributed by atoms with Crippen LogP contribution in [0.15, 0.2) is 42.7 Å². The Balaban J connectivity index is 2.09. The summed E-state index contributed by atoms with van der Waals surface area (Å²) in [7, 11) is 1.94. The number of benzene rings is 1. The standard InChI is InChI=1S/C15H21N3/c1-3-15(16,14-7-5-4-6-8-14)10-9-13-11-17-18(2)12-13/h4-8,11-12H,3,9-10,16H2,1-2H3.